The van der Waals surface area contributed by atoms with Gasteiger partial charge in [0.25, 0.3) is 0 Å². The van der Waals surface area contributed by atoms with E-state index >= 15 is 0 Å². The largest absolute Gasteiger partial charge is 0.375 e. The van der Waals surface area contributed by atoms with Gasteiger partial charge in [-0.05, 0) is 50.3 Å². The Morgan fingerprint density at radius 1 is 1.31 bits per heavy atom. The van der Waals surface area contributed by atoms with Crippen molar-refractivity contribution in [2.24, 2.45) is 21.5 Å². The number of carbonyl (C=O) groups excluding carboxylic acids is 1. The van der Waals surface area contributed by atoms with Gasteiger partial charge in [0.15, 0.2) is 0 Å². The second kappa shape index (κ2) is 7.33. The number of aliphatic imine (C=N–C) groups is 2. The van der Waals surface area contributed by atoms with Crippen molar-refractivity contribution in [2.75, 3.05) is 23.9 Å². The molecule has 0 radical (unpaired) electrons. The number of carbonyl (C=O) groups is 1. The van der Waals surface area contributed by atoms with Crippen molar-refractivity contribution in [3.05, 3.63) is 23.8 Å². The van der Waals surface area contributed by atoms with Crippen LogP contribution in [-0.4, -0.2) is 37.2 Å². The summed E-state index contributed by atoms with van der Waals surface area (Å²) in [4.78, 5) is 22.8. The van der Waals surface area contributed by atoms with Crippen LogP contribution in [0.2, 0.25) is 0 Å². The fraction of sp³-hybridized carbons (Fsp3) is 0.500. The van der Waals surface area contributed by atoms with Crippen LogP contribution in [0, 0.1) is 6.92 Å². The molecular weight excluding hydrogens is 332 g/mol. The van der Waals surface area contributed by atoms with E-state index in [0.29, 0.717) is 11.6 Å². The monoisotopic (exact) mass is 358 g/mol. The van der Waals surface area contributed by atoms with Gasteiger partial charge in [-0.1, -0.05) is 12.5 Å². The smallest absolute Gasteiger partial charge is 0.250 e. The lowest BCUT2D eigenvalue weighted by atomic mass is 9.87. The van der Waals surface area contributed by atoms with Gasteiger partial charge in [-0.2, -0.15) is 4.99 Å². The molecule has 26 heavy (non-hydrogen) atoms. The number of nitrogens with zero attached hydrogens (tertiary/aromatic N) is 3. The zero-order valence-electron chi connectivity index (χ0n) is 15.3. The number of rotatable bonds is 4. The Morgan fingerprint density at radius 2 is 2.04 bits per heavy atom. The number of methoxy groups -OCH3 is 1. The first-order chi connectivity index (χ1) is 12.5. The van der Waals surface area contributed by atoms with Crippen LogP contribution in [0.1, 0.15) is 37.7 Å². The Balaban J connectivity index is 2.01. The van der Waals surface area contributed by atoms with Gasteiger partial charge in [-0.15, -0.1) is 0 Å². The quantitative estimate of drug-likeness (QED) is 0.757. The molecule has 0 saturated heterocycles. The van der Waals surface area contributed by atoms with Crippen LogP contribution in [0.25, 0.3) is 0 Å². The van der Waals surface area contributed by atoms with Crippen molar-refractivity contribution in [3.8, 4) is 0 Å². The molecule has 1 aliphatic heterocycles. The number of anilines is 2. The van der Waals surface area contributed by atoms with Crippen molar-refractivity contribution in [2.45, 2.75) is 44.7 Å². The fourth-order valence-corrected chi connectivity index (χ4v) is 3.79. The SMILES string of the molecule is COCC(=O)Nc1cccc(N2C(N)=NC(N)=NC23CCCCC3)c1C. The molecule has 8 heteroatoms. The van der Waals surface area contributed by atoms with Crippen molar-refractivity contribution in [1.29, 1.82) is 0 Å². The number of nitrogens with two attached hydrogens (primary N) is 2. The van der Waals surface area contributed by atoms with Gasteiger partial charge in [0.05, 0.1) is 5.69 Å². The topological polar surface area (TPSA) is 118 Å². The van der Waals surface area contributed by atoms with Crippen molar-refractivity contribution in [1.82, 2.24) is 0 Å². The fourth-order valence-electron chi connectivity index (χ4n) is 3.79. The van der Waals surface area contributed by atoms with E-state index in [2.05, 4.69) is 15.3 Å². The van der Waals surface area contributed by atoms with E-state index in [4.69, 9.17) is 16.2 Å². The Morgan fingerprint density at radius 3 is 2.73 bits per heavy atom. The second-order valence-electron chi connectivity index (χ2n) is 6.75. The standard InChI is InChI=1S/C18H26N6O2/c1-12-13(21-15(25)11-26-2)7-6-8-14(12)24-17(20)22-16(19)23-18(24)9-4-3-5-10-18/h6-8H,3-5,9-11H2,1-2H3,(H,21,25)(H4,19,20,22,23). The van der Waals surface area contributed by atoms with Crippen LogP contribution in [0.5, 0.6) is 0 Å². The number of hydrogen-bond donors (Lipinski definition) is 3. The molecule has 1 fully saturated rings. The molecule has 0 bridgehead atoms. The highest BCUT2D eigenvalue weighted by Gasteiger charge is 2.43. The van der Waals surface area contributed by atoms with Crippen molar-refractivity contribution < 1.29 is 9.53 Å². The first-order valence-corrected chi connectivity index (χ1v) is 8.85. The lowest BCUT2D eigenvalue weighted by Gasteiger charge is -2.46. The number of nitrogens with one attached hydrogen (secondary N) is 1. The van der Waals surface area contributed by atoms with Crippen LogP contribution >= 0.6 is 0 Å². The molecule has 3 rings (SSSR count). The zero-order valence-corrected chi connectivity index (χ0v) is 15.3. The van der Waals surface area contributed by atoms with E-state index in [1.807, 2.05) is 30.0 Å². The van der Waals surface area contributed by atoms with E-state index in [1.54, 1.807) is 0 Å². The number of guanidine groups is 2. The molecule has 2 aliphatic rings. The Labute approximate surface area is 153 Å². The summed E-state index contributed by atoms with van der Waals surface area (Å²) < 4.78 is 4.89. The molecule has 0 aromatic heterocycles. The van der Waals surface area contributed by atoms with Gasteiger partial charge in [0.1, 0.15) is 12.3 Å². The predicted octanol–water partition coefficient (Wildman–Crippen LogP) is 1.69. The number of ether oxygens (including phenoxy) is 1. The summed E-state index contributed by atoms with van der Waals surface area (Å²) in [5.74, 6) is 0.355. The summed E-state index contributed by atoms with van der Waals surface area (Å²) in [6.45, 7) is 1.95. The van der Waals surface area contributed by atoms with Crippen molar-refractivity contribution in [3.63, 3.8) is 0 Å². The zero-order chi connectivity index (χ0) is 18.7. The summed E-state index contributed by atoms with van der Waals surface area (Å²) in [7, 11) is 1.49. The molecular formula is C18H26N6O2. The van der Waals surface area contributed by atoms with E-state index < -0.39 is 5.66 Å². The van der Waals surface area contributed by atoms with E-state index in [0.717, 1.165) is 36.9 Å². The summed E-state index contributed by atoms with van der Waals surface area (Å²) in [6, 6.07) is 5.71. The van der Waals surface area contributed by atoms with Crippen LogP contribution in [0.3, 0.4) is 0 Å². The Hall–Kier alpha value is -2.61. The third-order valence-corrected chi connectivity index (χ3v) is 4.95. The van der Waals surface area contributed by atoms with Crippen LogP contribution in [0.4, 0.5) is 11.4 Å². The van der Waals surface area contributed by atoms with Gasteiger partial charge in [-0.25, -0.2) is 4.99 Å². The maximum atomic E-state index is 11.9. The molecule has 1 spiro atoms. The first-order valence-electron chi connectivity index (χ1n) is 8.85. The molecule has 1 amide bonds. The van der Waals surface area contributed by atoms with E-state index in [1.165, 1.54) is 13.5 Å². The Bertz CT molecular complexity index is 752. The van der Waals surface area contributed by atoms with Gasteiger partial charge in [-0.3, -0.25) is 9.69 Å². The maximum Gasteiger partial charge on any atom is 0.250 e. The molecule has 1 heterocycles. The summed E-state index contributed by atoms with van der Waals surface area (Å²) >= 11 is 0. The highest BCUT2D eigenvalue weighted by Crippen LogP contribution is 2.41. The number of hydrogen-bond acceptors (Lipinski definition) is 7. The van der Waals surface area contributed by atoms with Gasteiger partial charge < -0.3 is 21.5 Å². The van der Waals surface area contributed by atoms with Gasteiger partial charge >= 0.3 is 0 Å². The molecule has 1 saturated carbocycles. The third kappa shape index (κ3) is 3.37. The molecule has 0 atom stereocenters. The molecule has 1 aromatic rings. The minimum Gasteiger partial charge on any atom is -0.375 e. The molecule has 140 valence electrons. The average molecular weight is 358 g/mol. The maximum absolute atomic E-state index is 11.9. The third-order valence-electron chi connectivity index (χ3n) is 4.95. The second-order valence-corrected chi connectivity index (χ2v) is 6.75. The predicted molar refractivity (Wildman–Crippen MR) is 103 cm³/mol. The number of benzene rings is 1. The molecule has 5 N–H and O–H groups in total. The highest BCUT2D eigenvalue weighted by atomic mass is 16.5. The molecule has 1 aromatic carbocycles. The minimum atomic E-state index is -0.506. The van der Waals surface area contributed by atoms with Gasteiger partial charge in [0, 0.05) is 12.8 Å². The summed E-state index contributed by atoms with van der Waals surface area (Å²) in [5.41, 5.74) is 14.2. The van der Waals surface area contributed by atoms with Crippen molar-refractivity contribution >= 4 is 29.2 Å². The molecule has 0 unspecified atom stereocenters. The minimum absolute atomic E-state index is 0.00173. The van der Waals surface area contributed by atoms with Gasteiger partial charge in [0.2, 0.25) is 17.8 Å². The molecule has 1 aliphatic carbocycles. The normalized spacial score (nSPS) is 19.1. The number of amides is 1. The lowest BCUT2D eigenvalue weighted by Crippen LogP contribution is -2.58. The van der Waals surface area contributed by atoms with E-state index in [-0.39, 0.29) is 18.5 Å². The van der Waals surface area contributed by atoms with Crippen LogP contribution in [-0.2, 0) is 9.53 Å². The highest BCUT2D eigenvalue weighted by molar-refractivity contribution is 6.06. The summed E-state index contributed by atoms with van der Waals surface area (Å²) in [6.07, 6.45) is 5.02. The lowest BCUT2D eigenvalue weighted by molar-refractivity contribution is -0.119. The van der Waals surface area contributed by atoms with Crippen LogP contribution in [0.15, 0.2) is 28.2 Å². The summed E-state index contributed by atoms with van der Waals surface area (Å²) in [5, 5.41) is 2.87. The molecule has 8 nitrogen and oxygen atoms in total. The van der Waals surface area contributed by atoms with E-state index in [9.17, 15) is 4.79 Å². The Kier molecular flexibility index (Phi) is 5.13. The average Bonchev–Trinajstić information content (AvgIpc) is 2.58. The first kappa shape index (κ1) is 18.2. The van der Waals surface area contributed by atoms with Crippen LogP contribution < -0.4 is 21.7 Å².